The van der Waals surface area contributed by atoms with Crippen molar-refractivity contribution >= 4 is 6.41 Å². The molecular weight excluding hydrogens is 256 g/mol. The van der Waals surface area contributed by atoms with Crippen molar-refractivity contribution in [2.24, 2.45) is 0 Å². The molecule has 1 amide bonds. The predicted molar refractivity (Wildman–Crippen MR) is 71.1 cm³/mol. The van der Waals surface area contributed by atoms with E-state index in [0.29, 0.717) is 24.5 Å². The Kier molecular flexibility index (Phi) is 2.91. The van der Waals surface area contributed by atoms with E-state index in [2.05, 4.69) is 6.07 Å². The number of carbonyl (C=O) groups excluding carboxylic acids is 1. The second-order valence-electron chi connectivity index (χ2n) is 5.65. The first-order valence-corrected chi connectivity index (χ1v) is 6.62. The second kappa shape index (κ2) is 4.50. The number of rotatable bonds is 1. The van der Waals surface area contributed by atoms with Gasteiger partial charge in [-0.15, -0.1) is 0 Å². The monoisotopic (exact) mass is 272 g/mol. The van der Waals surface area contributed by atoms with Crippen LogP contribution in [0.3, 0.4) is 0 Å². The Labute approximate surface area is 117 Å². The van der Waals surface area contributed by atoms with Crippen molar-refractivity contribution in [2.45, 2.75) is 31.6 Å². The van der Waals surface area contributed by atoms with Crippen LogP contribution in [0.4, 0.5) is 0 Å². The summed E-state index contributed by atoms with van der Waals surface area (Å²) in [5, 5.41) is 9.06. The third-order valence-electron chi connectivity index (χ3n) is 3.94. The van der Waals surface area contributed by atoms with Crippen molar-refractivity contribution in [2.75, 3.05) is 13.2 Å². The largest absolute Gasteiger partial charge is 0.485 e. The molecule has 2 heterocycles. The molecule has 2 aliphatic heterocycles. The van der Waals surface area contributed by atoms with E-state index in [1.54, 1.807) is 23.1 Å². The molecule has 20 heavy (non-hydrogen) atoms. The number of nitriles is 1. The average Bonchev–Trinajstić information content (AvgIpc) is 2.46. The third-order valence-corrected chi connectivity index (χ3v) is 3.94. The van der Waals surface area contributed by atoms with Crippen LogP contribution in [-0.4, -0.2) is 36.2 Å². The van der Waals surface area contributed by atoms with Crippen LogP contribution < -0.4 is 4.74 Å². The van der Waals surface area contributed by atoms with Crippen molar-refractivity contribution in [1.29, 1.82) is 5.26 Å². The fourth-order valence-corrected chi connectivity index (χ4v) is 3.01. The minimum atomic E-state index is -0.520. The van der Waals surface area contributed by atoms with Crippen LogP contribution in [0.15, 0.2) is 18.2 Å². The Bertz CT molecular complexity index is 591. The van der Waals surface area contributed by atoms with Gasteiger partial charge >= 0.3 is 0 Å². The highest BCUT2D eigenvalue weighted by atomic mass is 16.6. The van der Waals surface area contributed by atoms with Crippen LogP contribution in [-0.2, 0) is 9.53 Å². The number of amides is 1. The van der Waals surface area contributed by atoms with E-state index in [0.717, 1.165) is 12.0 Å². The Morgan fingerprint density at radius 1 is 1.50 bits per heavy atom. The molecule has 104 valence electrons. The maximum absolute atomic E-state index is 11.4. The van der Waals surface area contributed by atoms with Gasteiger partial charge in [0.1, 0.15) is 17.5 Å². The van der Waals surface area contributed by atoms with Crippen LogP contribution in [0.25, 0.3) is 0 Å². The summed E-state index contributed by atoms with van der Waals surface area (Å²) in [5.74, 6) is 0.715. The van der Waals surface area contributed by atoms with E-state index in [-0.39, 0.29) is 12.1 Å². The van der Waals surface area contributed by atoms with Crippen LogP contribution in [0.5, 0.6) is 5.75 Å². The first kappa shape index (κ1) is 12.9. The minimum Gasteiger partial charge on any atom is -0.485 e. The highest BCUT2D eigenvalue weighted by Gasteiger charge is 2.48. The highest BCUT2D eigenvalue weighted by Crippen LogP contribution is 2.45. The lowest BCUT2D eigenvalue weighted by atomic mass is 9.84. The highest BCUT2D eigenvalue weighted by molar-refractivity contribution is 5.53. The molecule has 3 rings (SSSR count). The van der Waals surface area contributed by atoms with E-state index in [1.165, 1.54) is 0 Å². The van der Waals surface area contributed by atoms with Crippen molar-refractivity contribution in [3.63, 3.8) is 0 Å². The van der Waals surface area contributed by atoms with Gasteiger partial charge in [0.15, 0.2) is 0 Å². The van der Waals surface area contributed by atoms with E-state index < -0.39 is 5.60 Å². The predicted octanol–water partition coefficient (Wildman–Crippen LogP) is 1.63. The molecule has 5 heteroatoms. The smallest absolute Gasteiger partial charge is 0.210 e. The van der Waals surface area contributed by atoms with Gasteiger partial charge < -0.3 is 14.4 Å². The number of fused-ring (bicyclic) bond motifs is 3. The maximum Gasteiger partial charge on any atom is 0.210 e. The zero-order valence-corrected chi connectivity index (χ0v) is 11.5. The Balaban J connectivity index is 2.15. The van der Waals surface area contributed by atoms with Gasteiger partial charge in [0.05, 0.1) is 24.3 Å². The standard InChI is InChI=1S/C15H16N2O3/c1-15(2)14-13(17(9-18)5-6-19-14)11-7-10(8-16)3-4-12(11)20-15/h3-4,7,9,13-14H,5-6H2,1-2H3/t13-,14-/m1/s1. The minimum absolute atomic E-state index is 0.201. The molecule has 0 aromatic heterocycles. The molecule has 5 nitrogen and oxygen atoms in total. The number of morpholine rings is 1. The first-order chi connectivity index (χ1) is 9.56. The quantitative estimate of drug-likeness (QED) is 0.729. The summed E-state index contributed by atoms with van der Waals surface area (Å²) < 4.78 is 11.9. The lowest BCUT2D eigenvalue weighted by Gasteiger charge is -2.50. The summed E-state index contributed by atoms with van der Waals surface area (Å²) in [6, 6.07) is 7.23. The Morgan fingerprint density at radius 2 is 2.30 bits per heavy atom. The van der Waals surface area contributed by atoms with Crippen LogP contribution >= 0.6 is 0 Å². The van der Waals surface area contributed by atoms with E-state index in [4.69, 9.17) is 14.7 Å². The summed E-state index contributed by atoms with van der Waals surface area (Å²) in [6.07, 6.45) is 0.618. The van der Waals surface area contributed by atoms with Gasteiger partial charge in [0, 0.05) is 12.1 Å². The molecule has 0 radical (unpaired) electrons. The lowest BCUT2D eigenvalue weighted by molar-refractivity contribution is -0.166. The van der Waals surface area contributed by atoms with Gasteiger partial charge in [-0.2, -0.15) is 5.26 Å². The van der Waals surface area contributed by atoms with Gasteiger partial charge in [0.2, 0.25) is 6.41 Å². The average molecular weight is 272 g/mol. The second-order valence-corrected chi connectivity index (χ2v) is 5.65. The van der Waals surface area contributed by atoms with Crippen LogP contribution in [0.1, 0.15) is 31.0 Å². The fraction of sp³-hybridized carbons (Fsp3) is 0.467. The molecule has 0 saturated carbocycles. The van der Waals surface area contributed by atoms with Gasteiger partial charge in [-0.3, -0.25) is 4.79 Å². The fourth-order valence-electron chi connectivity index (χ4n) is 3.01. The zero-order valence-electron chi connectivity index (χ0n) is 11.5. The van der Waals surface area contributed by atoms with E-state index >= 15 is 0 Å². The van der Waals surface area contributed by atoms with Crippen molar-refractivity contribution in [3.05, 3.63) is 29.3 Å². The van der Waals surface area contributed by atoms with Crippen molar-refractivity contribution in [3.8, 4) is 11.8 Å². The molecule has 1 aromatic rings. The van der Waals surface area contributed by atoms with E-state index in [9.17, 15) is 4.79 Å². The summed E-state index contributed by atoms with van der Waals surface area (Å²) in [4.78, 5) is 13.1. The summed E-state index contributed by atoms with van der Waals surface area (Å²) in [5.41, 5.74) is 0.885. The topological polar surface area (TPSA) is 62.6 Å². The molecule has 0 aliphatic carbocycles. The number of carbonyl (C=O) groups is 1. The van der Waals surface area contributed by atoms with Gasteiger partial charge in [-0.1, -0.05) is 0 Å². The molecule has 0 spiro atoms. The summed E-state index contributed by atoms with van der Waals surface area (Å²) >= 11 is 0. The third kappa shape index (κ3) is 1.84. The Hall–Kier alpha value is -2.06. The maximum atomic E-state index is 11.4. The lowest BCUT2D eigenvalue weighted by Crippen LogP contribution is -2.58. The molecule has 2 aliphatic rings. The number of nitrogens with zero attached hydrogens (tertiary/aromatic N) is 2. The van der Waals surface area contributed by atoms with E-state index in [1.807, 2.05) is 13.8 Å². The zero-order chi connectivity index (χ0) is 14.3. The molecule has 1 fully saturated rings. The molecule has 0 bridgehead atoms. The van der Waals surface area contributed by atoms with Crippen LogP contribution in [0, 0.1) is 11.3 Å². The van der Waals surface area contributed by atoms with Crippen molar-refractivity contribution in [1.82, 2.24) is 4.90 Å². The van der Waals surface area contributed by atoms with Crippen LogP contribution in [0.2, 0.25) is 0 Å². The summed E-state index contributed by atoms with van der Waals surface area (Å²) in [6.45, 7) is 4.97. The SMILES string of the molecule is CC1(C)Oc2ccc(C#N)cc2[C@@H]2[C@H]1OCCN2C=O. The summed E-state index contributed by atoms with van der Waals surface area (Å²) in [7, 11) is 0. The molecule has 0 unspecified atom stereocenters. The number of hydrogen-bond acceptors (Lipinski definition) is 4. The molecule has 1 aromatic carbocycles. The van der Waals surface area contributed by atoms with Crippen molar-refractivity contribution < 1.29 is 14.3 Å². The first-order valence-electron chi connectivity index (χ1n) is 6.62. The van der Waals surface area contributed by atoms with Gasteiger partial charge in [0.25, 0.3) is 0 Å². The molecule has 0 N–H and O–H groups in total. The molecular formula is C15H16N2O3. The Morgan fingerprint density at radius 3 is 3.00 bits per heavy atom. The normalized spacial score (nSPS) is 26.8. The number of benzene rings is 1. The molecule has 1 saturated heterocycles. The number of hydrogen-bond donors (Lipinski definition) is 0. The van der Waals surface area contributed by atoms with Gasteiger partial charge in [-0.25, -0.2) is 0 Å². The number of ether oxygens (including phenoxy) is 2. The molecule has 2 atom stereocenters. The van der Waals surface area contributed by atoms with Gasteiger partial charge in [-0.05, 0) is 32.0 Å².